The number of methoxy groups -OCH3 is 1. The summed E-state index contributed by atoms with van der Waals surface area (Å²) in [6, 6.07) is 6.17. The Labute approximate surface area is 179 Å². The number of nitrogens with zero attached hydrogens (tertiary/aromatic N) is 1. The summed E-state index contributed by atoms with van der Waals surface area (Å²) in [5, 5.41) is 2.91. The Bertz CT molecular complexity index is 1060. The number of amides is 2. The fourth-order valence-corrected chi connectivity index (χ4v) is 5.84. The molecule has 0 radical (unpaired) electrons. The zero-order chi connectivity index (χ0) is 22.1. The molecule has 0 saturated heterocycles. The number of sulfone groups is 1. The highest BCUT2D eigenvalue weighted by Crippen LogP contribution is 2.37. The Kier molecular flexibility index (Phi) is 6.49. The van der Waals surface area contributed by atoms with E-state index in [0.717, 1.165) is 17.0 Å². The first kappa shape index (κ1) is 22.3. The molecule has 3 rings (SSSR count). The van der Waals surface area contributed by atoms with Crippen molar-refractivity contribution < 1.29 is 22.7 Å². The summed E-state index contributed by atoms with van der Waals surface area (Å²) in [4.78, 5) is 27.8. The number of carbonyl (C=O) groups excluding carboxylic acids is 2. The first-order valence-corrected chi connectivity index (χ1v) is 11.9. The lowest BCUT2D eigenvalue weighted by Crippen LogP contribution is -2.35. The quantitative estimate of drug-likeness (QED) is 0.665. The third-order valence-corrected chi connectivity index (χ3v) is 7.82. The van der Waals surface area contributed by atoms with Gasteiger partial charge in [-0.1, -0.05) is 0 Å². The minimum absolute atomic E-state index is 0.0200. The van der Waals surface area contributed by atoms with E-state index >= 15 is 0 Å². The van der Waals surface area contributed by atoms with Gasteiger partial charge in [0.1, 0.15) is 16.5 Å². The van der Waals surface area contributed by atoms with E-state index in [9.17, 15) is 18.0 Å². The van der Waals surface area contributed by atoms with Gasteiger partial charge in [0.15, 0.2) is 9.84 Å². The van der Waals surface area contributed by atoms with Gasteiger partial charge in [0.25, 0.3) is 5.91 Å². The first-order chi connectivity index (χ1) is 14.1. The zero-order valence-corrected chi connectivity index (χ0v) is 18.7. The molecule has 0 fully saturated rings. The topological polar surface area (TPSA) is 119 Å². The fourth-order valence-electron chi connectivity index (χ4n) is 3.41. The highest BCUT2D eigenvalue weighted by atomic mass is 32.2. The van der Waals surface area contributed by atoms with Gasteiger partial charge in [-0.3, -0.25) is 14.5 Å². The number of anilines is 1. The summed E-state index contributed by atoms with van der Waals surface area (Å²) in [6.07, 6.45) is 0.655. The van der Waals surface area contributed by atoms with Crippen LogP contribution < -0.4 is 15.8 Å². The summed E-state index contributed by atoms with van der Waals surface area (Å²) in [6.45, 7) is 5.65. The highest BCUT2D eigenvalue weighted by molar-refractivity contribution is 7.92. The number of nitrogens with one attached hydrogen (secondary N) is 1. The lowest BCUT2D eigenvalue weighted by Gasteiger charge is -2.30. The number of carbonyl (C=O) groups is 2. The lowest BCUT2D eigenvalue weighted by molar-refractivity contribution is -0.113. The van der Waals surface area contributed by atoms with E-state index in [-0.39, 0.29) is 10.5 Å². The van der Waals surface area contributed by atoms with Crippen molar-refractivity contribution in [2.24, 2.45) is 5.73 Å². The van der Waals surface area contributed by atoms with Crippen LogP contribution in [-0.4, -0.2) is 50.6 Å². The van der Waals surface area contributed by atoms with Crippen LogP contribution in [-0.2, 0) is 27.6 Å². The smallest absolute Gasteiger partial charge is 0.251 e. The molecule has 0 spiro atoms. The molecule has 162 valence electrons. The predicted octanol–water partition coefficient (Wildman–Crippen LogP) is 2.03. The minimum atomic E-state index is -3.85. The second kappa shape index (κ2) is 8.75. The van der Waals surface area contributed by atoms with E-state index in [1.165, 1.54) is 42.7 Å². The Morgan fingerprint density at radius 1 is 1.27 bits per heavy atom. The van der Waals surface area contributed by atoms with Crippen molar-refractivity contribution in [3.8, 4) is 5.75 Å². The number of nitrogens with two attached hydrogens (primary N) is 1. The van der Waals surface area contributed by atoms with Gasteiger partial charge in [0.05, 0.1) is 17.6 Å². The van der Waals surface area contributed by atoms with Crippen LogP contribution in [0.4, 0.5) is 5.00 Å². The largest absolute Gasteiger partial charge is 0.497 e. The molecule has 1 aliphatic rings. The number of fused-ring (bicyclic) bond motifs is 1. The molecular weight excluding hydrogens is 426 g/mol. The molecule has 30 heavy (non-hydrogen) atoms. The van der Waals surface area contributed by atoms with Crippen LogP contribution in [0.1, 0.15) is 34.6 Å². The average Bonchev–Trinajstić information content (AvgIpc) is 3.04. The Morgan fingerprint density at radius 2 is 1.93 bits per heavy atom. The fraction of sp³-hybridized carbons (Fsp3) is 0.400. The molecule has 0 unspecified atom stereocenters. The van der Waals surface area contributed by atoms with Gasteiger partial charge in [-0.25, -0.2) is 8.42 Å². The number of primary amides is 1. The second-order valence-electron chi connectivity index (χ2n) is 7.37. The van der Waals surface area contributed by atoms with E-state index < -0.39 is 27.4 Å². The van der Waals surface area contributed by atoms with Crippen LogP contribution in [0.3, 0.4) is 0 Å². The van der Waals surface area contributed by atoms with E-state index in [1.807, 2.05) is 0 Å². The average molecular weight is 452 g/mol. The molecule has 3 N–H and O–H groups in total. The Hall–Kier alpha value is -2.43. The van der Waals surface area contributed by atoms with Crippen molar-refractivity contribution in [1.82, 2.24) is 4.90 Å². The second-order valence-corrected chi connectivity index (χ2v) is 10.5. The van der Waals surface area contributed by atoms with Gasteiger partial charge in [0, 0.05) is 24.0 Å². The molecule has 0 aliphatic carbocycles. The van der Waals surface area contributed by atoms with Gasteiger partial charge < -0.3 is 15.8 Å². The summed E-state index contributed by atoms with van der Waals surface area (Å²) < 4.78 is 30.2. The number of benzene rings is 1. The van der Waals surface area contributed by atoms with Crippen LogP contribution in [0.5, 0.6) is 5.75 Å². The van der Waals surface area contributed by atoms with Gasteiger partial charge in [-0.05, 0) is 50.1 Å². The number of ether oxygens (including phenoxy) is 1. The normalized spacial score (nSPS) is 14.4. The Balaban J connectivity index is 1.80. The number of thiophene rings is 1. The Morgan fingerprint density at radius 3 is 2.50 bits per heavy atom. The number of rotatable bonds is 7. The molecule has 2 heterocycles. The van der Waals surface area contributed by atoms with Crippen LogP contribution in [0.15, 0.2) is 29.2 Å². The molecule has 2 amide bonds. The van der Waals surface area contributed by atoms with Crippen LogP contribution >= 0.6 is 11.3 Å². The van der Waals surface area contributed by atoms with Crippen molar-refractivity contribution in [2.45, 2.75) is 37.8 Å². The minimum Gasteiger partial charge on any atom is -0.497 e. The lowest BCUT2D eigenvalue weighted by atomic mass is 10.0. The van der Waals surface area contributed by atoms with Gasteiger partial charge in [-0.15, -0.1) is 11.3 Å². The van der Waals surface area contributed by atoms with Crippen LogP contribution in [0.25, 0.3) is 0 Å². The summed E-state index contributed by atoms with van der Waals surface area (Å²) in [5.74, 6) is -1.56. The van der Waals surface area contributed by atoms with E-state index in [2.05, 4.69) is 24.1 Å². The summed E-state index contributed by atoms with van der Waals surface area (Å²) >= 11 is 1.28. The van der Waals surface area contributed by atoms with Gasteiger partial charge in [-0.2, -0.15) is 0 Å². The highest BCUT2D eigenvalue weighted by Gasteiger charge is 2.29. The molecule has 10 heteroatoms. The van der Waals surface area contributed by atoms with E-state index in [1.54, 1.807) is 0 Å². The van der Waals surface area contributed by atoms with Gasteiger partial charge >= 0.3 is 0 Å². The van der Waals surface area contributed by atoms with Crippen molar-refractivity contribution in [3.63, 3.8) is 0 Å². The van der Waals surface area contributed by atoms with Crippen molar-refractivity contribution in [3.05, 3.63) is 40.3 Å². The van der Waals surface area contributed by atoms with Crippen molar-refractivity contribution in [1.29, 1.82) is 0 Å². The van der Waals surface area contributed by atoms with Crippen LogP contribution in [0.2, 0.25) is 0 Å². The zero-order valence-electron chi connectivity index (χ0n) is 17.1. The van der Waals surface area contributed by atoms with Crippen LogP contribution in [0, 0.1) is 0 Å². The molecule has 2 aromatic rings. The van der Waals surface area contributed by atoms with E-state index in [0.29, 0.717) is 29.8 Å². The molecular formula is C20H25N3O5S2. The van der Waals surface area contributed by atoms with Crippen molar-refractivity contribution in [2.75, 3.05) is 24.7 Å². The molecule has 1 aromatic carbocycles. The first-order valence-electron chi connectivity index (χ1n) is 9.47. The third kappa shape index (κ3) is 4.66. The SMILES string of the molecule is COc1ccc(S(=O)(=O)CC(=O)Nc2sc3c(c2C(N)=O)CCN(C(C)C)C3)cc1. The van der Waals surface area contributed by atoms with Gasteiger partial charge in [0.2, 0.25) is 5.91 Å². The monoisotopic (exact) mass is 451 g/mol. The molecule has 1 aromatic heterocycles. The standard InChI is InChI=1S/C20H25N3O5S2/c1-12(2)23-9-8-15-16(10-23)29-20(18(15)19(21)25)22-17(24)11-30(26,27)14-6-4-13(28-3)5-7-14/h4-7,12H,8-11H2,1-3H3,(H2,21,25)(H,22,24). The number of hydrogen-bond donors (Lipinski definition) is 2. The summed E-state index contributed by atoms with van der Waals surface area (Å²) in [7, 11) is -2.37. The summed E-state index contributed by atoms with van der Waals surface area (Å²) in [5.41, 5.74) is 6.70. The third-order valence-electron chi connectivity index (χ3n) is 5.06. The number of hydrogen-bond acceptors (Lipinski definition) is 7. The molecule has 0 saturated carbocycles. The molecule has 0 bridgehead atoms. The molecule has 1 aliphatic heterocycles. The maximum Gasteiger partial charge on any atom is 0.251 e. The maximum atomic E-state index is 12.6. The maximum absolute atomic E-state index is 12.6. The predicted molar refractivity (Wildman–Crippen MR) is 116 cm³/mol. The van der Waals surface area contributed by atoms with Crippen molar-refractivity contribution >= 4 is 38.0 Å². The molecule has 0 atom stereocenters. The van der Waals surface area contributed by atoms with E-state index in [4.69, 9.17) is 10.5 Å². The molecule has 8 nitrogen and oxygen atoms in total.